The Morgan fingerprint density at radius 1 is 1.14 bits per heavy atom. The summed E-state index contributed by atoms with van der Waals surface area (Å²) in [5.41, 5.74) is 4.61. The quantitative estimate of drug-likeness (QED) is 0.772. The van der Waals surface area contributed by atoms with Crippen molar-refractivity contribution in [1.29, 1.82) is 0 Å². The summed E-state index contributed by atoms with van der Waals surface area (Å²) in [5, 5.41) is 3.53. The van der Waals surface area contributed by atoms with Gasteiger partial charge in [-0.1, -0.05) is 46.6 Å². The van der Waals surface area contributed by atoms with E-state index < -0.39 is 0 Å². The van der Waals surface area contributed by atoms with Gasteiger partial charge in [0.25, 0.3) is 0 Å². The highest BCUT2D eigenvalue weighted by atomic mass is 79.9. The Bertz CT molecular complexity index is 604. The molecule has 1 nitrogen and oxygen atoms in total. The van der Waals surface area contributed by atoms with Crippen LogP contribution in [0.25, 0.3) is 0 Å². The van der Waals surface area contributed by atoms with Gasteiger partial charge in [0, 0.05) is 4.47 Å². The molecule has 2 aromatic carbocycles. The molecule has 0 bridgehead atoms. The largest absolute Gasteiger partial charge is 0.306 e. The van der Waals surface area contributed by atoms with Crippen LogP contribution in [0.2, 0.25) is 0 Å². The first-order valence-electron chi connectivity index (χ1n) is 7.27. The highest BCUT2D eigenvalue weighted by Crippen LogP contribution is 2.28. The Kier molecular flexibility index (Phi) is 5.54. The minimum Gasteiger partial charge on any atom is -0.306 e. The maximum Gasteiger partial charge on any atom is 0.124 e. The maximum atomic E-state index is 13.7. The first-order valence-corrected chi connectivity index (χ1v) is 8.07. The van der Waals surface area contributed by atoms with Gasteiger partial charge in [-0.25, -0.2) is 4.39 Å². The van der Waals surface area contributed by atoms with Crippen molar-refractivity contribution in [2.45, 2.75) is 33.2 Å². The molecule has 1 unspecified atom stereocenters. The third-order valence-corrected chi connectivity index (χ3v) is 4.01. The average molecular weight is 350 g/mol. The number of benzene rings is 2. The lowest BCUT2D eigenvalue weighted by molar-refractivity contribution is 0.583. The number of nitrogens with one attached hydrogen (secondary N) is 1. The second-order valence-electron chi connectivity index (χ2n) is 5.45. The number of aryl methyl sites for hydroxylation is 2. The third kappa shape index (κ3) is 4.14. The van der Waals surface area contributed by atoms with Crippen LogP contribution in [-0.2, 0) is 0 Å². The van der Waals surface area contributed by atoms with E-state index in [9.17, 15) is 4.39 Å². The van der Waals surface area contributed by atoms with Crippen molar-refractivity contribution in [2.24, 2.45) is 0 Å². The molecule has 0 saturated carbocycles. The van der Waals surface area contributed by atoms with Gasteiger partial charge in [-0.15, -0.1) is 0 Å². The first kappa shape index (κ1) is 16.2. The van der Waals surface area contributed by atoms with Gasteiger partial charge in [-0.2, -0.15) is 0 Å². The van der Waals surface area contributed by atoms with E-state index in [4.69, 9.17) is 0 Å². The van der Waals surface area contributed by atoms with E-state index in [2.05, 4.69) is 60.2 Å². The van der Waals surface area contributed by atoms with E-state index in [1.54, 1.807) is 6.07 Å². The molecule has 2 rings (SSSR count). The minimum absolute atomic E-state index is 0.0116. The Morgan fingerprint density at radius 3 is 2.52 bits per heavy atom. The number of rotatable bonds is 5. The van der Waals surface area contributed by atoms with Crippen LogP contribution in [0.5, 0.6) is 0 Å². The summed E-state index contributed by atoms with van der Waals surface area (Å²) in [4.78, 5) is 0. The maximum absolute atomic E-state index is 13.7. The molecule has 0 aliphatic carbocycles. The smallest absolute Gasteiger partial charge is 0.124 e. The normalized spacial score (nSPS) is 12.4. The Balaban J connectivity index is 2.46. The molecule has 0 amide bonds. The van der Waals surface area contributed by atoms with Crippen LogP contribution in [0.3, 0.4) is 0 Å². The summed E-state index contributed by atoms with van der Waals surface area (Å²) >= 11 is 3.38. The van der Waals surface area contributed by atoms with Gasteiger partial charge in [0.05, 0.1) is 6.04 Å². The predicted octanol–water partition coefficient (Wildman–Crippen LogP) is 5.29. The van der Waals surface area contributed by atoms with Crippen LogP contribution >= 0.6 is 15.9 Å². The van der Waals surface area contributed by atoms with Gasteiger partial charge in [-0.05, 0) is 61.7 Å². The van der Waals surface area contributed by atoms with Crippen LogP contribution in [0.4, 0.5) is 4.39 Å². The molecule has 1 N–H and O–H groups in total. The fourth-order valence-corrected chi connectivity index (χ4v) is 3.07. The second kappa shape index (κ2) is 7.19. The summed E-state index contributed by atoms with van der Waals surface area (Å²) in [6, 6.07) is 11.5. The average Bonchev–Trinajstić information content (AvgIpc) is 2.40. The molecule has 0 fully saturated rings. The molecule has 21 heavy (non-hydrogen) atoms. The third-order valence-electron chi connectivity index (χ3n) is 3.55. The van der Waals surface area contributed by atoms with E-state index >= 15 is 0 Å². The number of halogens is 2. The predicted molar refractivity (Wildman–Crippen MR) is 90.2 cm³/mol. The van der Waals surface area contributed by atoms with Crippen molar-refractivity contribution in [3.05, 3.63) is 68.9 Å². The molecule has 0 radical (unpaired) electrons. The van der Waals surface area contributed by atoms with Gasteiger partial charge in [0.15, 0.2) is 0 Å². The molecular formula is C18H21BrFN. The molecule has 2 aromatic rings. The lowest BCUT2D eigenvalue weighted by Crippen LogP contribution is -2.24. The van der Waals surface area contributed by atoms with E-state index in [0.717, 1.165) is 23.0 Å². The molecule has 0 spiro atoms. The van der Waals surface area contributed by atoms with Crippen molar-refractivity contribution < 1.29 is 4.39 Å². The first-order chi connectivity index (χ1) is 10.0. The second-order valence-corrected chi connectivity index (χ2v) is 6.37. The summed E-state index contributed by atoms with van der Waals surface area (Å²) in [6.45, 7) is 7.22. The summed E-state index contributed by atoms with van der Waals surface area (Å²) in [6.07, 6.45) is 1.04. The zero-order valence-corrected chi connectivity index (χ0v) is 14.3. The molecule has 0 aliphatic rings. The van der Waals surface area contributed by atoms with Gasteiger partial charge in [0.2, 0.25) is 0 Å². The molecule has 0 saturated heterocycles. The monoisotopic (exact) mass is 349 g/mol. The standard InChI is InChI=1S/C18H21BrFN/c1-4-7-21-18(14-9-15(19)11-16(20)10-14)17-6-5-12(2)8-13(17)3/h5-6,8-11,18,21H,4,7H2,1-3H3. The van der Waals surface area contributed by atoms with Crippen LogP contribution in [0.1, 0.15) is 41.6 Å². The van der Waals surface area contributed by atoms with Crippen LogP contribution in [0, 0.1) is 19.7 Å². The highest BCUT2D eigenvalue weighted by Gasteiger charge is 2.16. The molecule has 0 heterocycles. The highest BCUT2D eigenvalue weighted by molar-refractivity contribution is 9.10. The van der Waals surface area contributed by atoms with Gasteiger partial charge in [0.1, 0.15) is 5.82 Å². The van der Waals surface area contributed by atoms with E-state index in [1.807, 2.05) is 6.07 Å². The van der Waals surface area contributed by atoms with Crippen molar-refractivity contribution >= 4 is 15.9 Å². The van der Waals surface area contributed by atoms with Crippen molar-refractivity contribution in [3.8, 4) is 0 Å². The minimum atomic E-state index is -0.215. The Labute approximate surface area is 134 Å². The number of hydrogen-bond acceptors (Lipinski definition) is 1. The number of hydrogen-bond donors (Lipinski definition) is 1. The lowest BCUT2D eigenvalue weighted by atomic mass is 9.93. The van der Waals surface area contributed by atoms with E-state index in [0.29, 0.717) is 0 Å². The van der Waals surface area contributed by atoms with Crippen LogP contribution in [0.15, 0.2) is 40.9 Å². The van der Waals surface area contributed by atoms with E-state index in [-0.39, 0.29) is 11.9 Å². The van der Waals surface area contributed by atoms with Gasteiger partial charge >= 0.3 is 0 Å². The Hall–Kier alpha value is -1.19. The molecule has 1 atom stereocenters. The molecule has 0 aromatic heterocycles. The van der Waals surface area contributed by atoms with Crippen molar-refractivity contribution in [1.82, 2.24) is 5.32 Å². The van der Waals surface area contributed by atoms with Crippen LogP contribution in [-0.4, -0.2) is 6.54 Å². The van der Waals surface area contributed by atoms with E-state index in [1.165, 1.54) is 22.8 Å². The SMILES string of the molecule is CCCNC(c1cc(F)cc(Br)c1)c1ccc(C)cc1C. The molecule has 3 heteroatoms. The fourth-order valence-electron chi connectivity index (χ4n) is 2.59. The zero-order valence-electron chi connectivity index (χ0n) is 12.7. The zero-order chi connectivity index (χ0) is 15.4. The lowest BCUT2D eigenvalue weighted by Gasteiger charge is -2.22. The van der Waals surface area contributed by atoms with Gasteiger partial charge < -0.3 is 5.32 Å². The molecule has 112 valence electrons. The molecular weight excluding hydrogens is 329 g/mol. The molecule has 0 aliphatic heterocycles. The fraction of sp³-hybridized carbons (Fsp3) is 0.333. The van der Waals surface area contributed by atoms with Gasteiger partial charge in [-0.3, -0.25) is 0 Å². The Morgan fingerprint density at radius 2 is 1.90 bits per heavy atom. The topological polar surface area (TPSA) is 12.0 Å². The van der Waals surface area contributed by atoms with Crippen molar-refractivity contribution in [2.75, 3.05) is 6.54 Å². The summed E-state index contributed by atoms with van der Waals surface area (Å²) < 4.78 is 14.5. The summed E-state index contributed by atoms with van der Waals surface area (Å²) in [7, 11) is 0. The van der Waals surface area contributed by atoms with Crippen molar-refractivity contribution in [3.63, 3.8) is 0 Å². The van der Waals surface area contributed by atoms with Crippen LogP contribution < -0.4 is 5.32 Å². The summed E-state index contributed by atoms with van der Waals surface area (Å²) in [5.74, 6) is -0.215.